The summed E-state index contributed by atoms with van der Waals surface area (Å²) in [6.45, 7) is 4.71. The van der Waals surface area contributed by atoms with Crippen LogP contribution in [0.4, 0.5) is 5.82 Å². The molecule has 1 aromatic rings. The van der Waals surface area contributed by atoms with Crippen LogP contribution < -0.4 is 11.3 Å². The molecule has 0 saturated carbocycles. The molecule has 0 aromatic carbocycles. The second-order valence-electron chi connectivity index (χ2n) is 4.94. The third-order valence-electron chi connectivity index (χ3n) is 3.04. The van der Waals surface area contributed by atoms with E-state index in [1.54, 1.807) is 6.07 Å². The van der Waals surface area contributed by atoms with Crippen LogP contribution in [0.2, 0.25) is 0 Å². The Balaban J connectivity index is 2.47. The van der Waals surface area contributed by atoms with Gasteiger partial charge in [0.1, 0.15) is 4.90 Å². The van der Waals surface area contributed by atoms with Crippen molar-refractivity contribution in [1.29, 1.82) is 0 Å². The molecular weight excluding hydrogens is 268 g/mol. The van der Waals surface area contributed by atoms with E-state index in [1.807, 2.05) is 13.8 Å². The number of hydrogen-bond acceptors (Lipinski definition) is 6. The molecule has 106 valence electrons. The first-order chi connectivity index (χ1) is 8.89. The van der Waals surface area contributed by atoms with Crippen LogP contribution in [-0.4, -0.2) is 43.0 Å². The van der Waals surface area contributed by atoms with Crippen LogP contribution in [0.1, 0.15) is 13.8 Å². The number of hydrogen-bond donors (Lipinski definition) is 2. The fourth-order valence-corrected chi connectivity index (χ4v) is 3.98. The highest BCUT2D eigenvalue weighted by Gasteiger charge is 2.40. The topological polar surface area (TPSA) is 97.5 Å². The summed E-state index contributed by atoms with van der Waals surface area (Å²) in [6, 6.07) is 3.06. The smallest absolute Gasteiger partial charge is 0.247 e. The van der Waals surface area contributed by atoms with Crippen molar-refractivity contribution in [3.63, 3.8) is 0 Å². The van der Waals surface area contributed by atoms with Gasteiger partial charge in [-0.2, -0.15) is 4.31 Å². The molecule has 1 aliphatic heterocycles. The van der Waals surface area contributed by atoms with Gasteiger partial charge in [-0.05, 0) is 26.0 Å². The van der Waals surface area contributed by atoms with Gasteiger partial charge in [0, 0.05) is 12.7 Å². The van der Waals surface area contributed by atoms with Gasteiger partial charge in [0.25, 0.3) is 0 Å². The average molecular weight is 286 g/mol. The number of nitrogens with two attached hydrogens (primary N) is 1. The van der Waals surface area contributed by atoms with Crippen molar-refractivity contribution >= 4 is 15.8 Å². The molecule has 1 saturated heterocycles. The molecule has 8 heteroatoms. The maximum absolute atomic E-state index is 12.7. The summed E-state index contributed by atoms with van der Waals surface area (Å²) in [4.78, 5) is 4.01. The van der Waals surface area contributed by atoms with Crippen molar-refractivity contribution in [2.24, 2.45) is 5.84 Å². The first kappa shape index (κ1) is 14.2. The Morgan fingerprint density at radius 3 is 2.89 bits per heavy atom. The molecular formula is C11H18N4O3S. The van der Waals surface area contributed by atoms with E-state index in [4.69, 9.17) is 10.6 Å². The summed E-state index contributed by atoms with van der Waals surface area (Å²) in [5, 5.41) is 0. The number of nitrogens with zero attached hydrogens (tertiary/aromatic N) is 2. The third-order valence-corrected chi connectivity index (χ3v) is 5.19. The van der Waals surface area contributed by atoms with Gasteiger partial charge in [0.2, 0.25) is 10.0 Å². The molecule has 1 fully saturated rings. The normalized spacial score (nSPS) is 20.2. The Morgan fingerprint density at radius 2 is 2.26 bits per heavy atom. The van der Waals surface area contributed by atoms with E-state index in [0.29, 0.717) is 19.8 Å². The van der Waals surface area contributed by atoms with E-state index >= 15 is 0 Å². The first-order valence-corrected chi connectivity index (χ1v) is 7.36. The lowest BCUT2D eigenvalue weighted by atomic mass is 10.1. The van der Waals surface area contributed by atoms with Crippen molar-refractivity contribution in [3.8, 4) is 0 Å². The highest BCUT2D eigenvalue weighted by atomic mass is 32.2. The monoisotopic (exact) mass is 286 g/mol. The molecule has 2 rings (SSSR count). The maximum Gasteiger partial charge on any atom is 0.247 e. The Hall–Kier alpha value is -1.22. The SMILES string of the molecule is CC1(C)COCCN1S(=O)(=O)c1cccnc1NN. The van der Waals surface area contributed by atoms with Crippen molar-refractivity contribution in [3.05, 3.63) is 18.3 Å². The van der Waals surface area contributed by atoms with Gasteiger partial charge in [-0.1, -0.05) is 0 Å². The van der Waals surface area contributed by atoms with E-state index in [9.17, 15) is 8.42 Å². The lowest BCUT2D eigenvalue weighted by Crippen LogP contribution is -2.55. The molecule has 0 spiro atoms. The molecule has 0 atom stereocenters. The molecule has 2 heterocycles. The Labute approximate surface area is 112 Å². The van der Waals surface area contributed by atoms with Crippen molar-refractivity contribution in [2.75, 3.05) is 25.2 Å². The van der Waals surface area contributed by atoms with Crippen LogP contribution in [0, 0.1) is 0 Å². The van der Waals surface area contributed by atoms with E-state index in [2.05, 4.69) is 10.4 Å². The Bertz CT molecular complexity index is 559. The summed E-state index contributed by atoms with van der Waals surface area (Å²) in [5.41, 5.74) is 1.72. The van der Waals surface area contributed by atoms with Crippen LogP contribution in [0.3, 0.4) is 0 Å². The van der Waals surface area contributed by atoms with Crippen LogP contribution >= 0.6 is 0 Å². The Kier molecular flexibility index (Phi) is 3.77. The number of hydrazine groups is 1. The van der Waals surface area contributed by atoms with E-state index in [0.717, 1.165) is 0 Å². The summed E-state index contributed by atoms with van der Waals surface area (Å²) in [5.74, 6) is 5.47. The van der Waals surface area contributed by atoms with Gasteiger partial charge in [-0.15, -0.1) is 0 Å². The molecule has 7 nitrogen and oxygen atoms in total. The predicted octanol–water partition coefficient (Wildman–Crippen LogP) is 0.167. The van der Waals surface area contributed by atoms with Crippen molar-refractivity contribution in [1.82, 2.24) is 9.29 Å². The highest BCUT2D eigenvalue weighted by Crippen LogP contribution is 2.29. The van der Waals surface area contributed by atoms with Gasteiger partial charge < -0.3 is 10.2 Å². The molecule has 3 N–H and O–H groups in total. The van der Waals surface area contributed by atoms with Gasteiger partial charge in [-0.25, -0.2) is 19.2 Å². The zero-order valence-corrected chi connectivity index (χ0v) is 11.8. The van der Waals surface area contributed by atoms with Gasteiger partial charge in [0.05, 0.1) is 18.8 Å². The minimum Gasteiger partial charge on any atom is -0.378 e. The summed E-state index contributed by atoms with van der Waals surface area (Å²) in [7, 11) is -3.66. The van der Waals surface area contributed by atoms with Crippen LogP contribution in [0.5, 0.6) is 0 Å². The second kappa shape index (κ2) is 5.04. The van der Waals surface area contributed by atoms with Gasteiger partial charge in [0.15, 0.2) is 5.82 Å². The lowest BCUT2D eigenvalue weighted by molar-refractivity contribution is -0.00769. The molecule has 0 radical (unpaired) electrons. The minimum atomic E-state index is -3.66. The zero-order chi connectivity index (χ0) is 14.1. The molecule has 0 unspecified atom stereocenters. The summed E-state index contributed by atoms with van der Waals surface area (Å²) >= 11 is 0. The lowest BCUT2D eigenvalue weighted by Gasteiger charge is -2.40. The molecule has 1 aromatic heterocycles. The fourth-order valence-electron chi connectivity index (χ4n) is 2.12. The third kappa shape index (κ3) is 2.57. The standard InChI is InChI=1S/C11H18N4O3S/c1-11(2)8-18-7-6-15(11)19(16,17)9-4-3-5-13-10(9)14-12/h3-5H,6-8,12H2,1-2H3,(H,13,14). The van der Waals surface area contributed by atoms with Crippen LogP contribution in [0.15, 0.2) is 23.2 Å². The van der Waals surface area contributed by atoms with Crippen LogP contribution in [0.25, 0.3) is 0 Å². The molecule has 1 aliphatic rings. The molecule has 0 aliphatic carbocycles. The van der Waals surface area contributed by atoms with E-state index < -0.39 is 15.6 Å². The number of nitrogen functional groups attached to an aromatic ring is 1. The fraction of sp³-hybridized carbons (Fsp3) is 0.545. The molecule has 0 bridgehead atoms. The Morgan fingerprint density at radius 1 is 1.53 bits per heavy atom. The zero-order valence-electron chi connectivity index (χ0n) is 11.0. The quantitative estimate of drug-likeness (QED) is 0.607. The number of aromatic nitrogens is 1. The number of ether oxygens (including phenoxy) is 1. The van der Waals surface area contributed by atoms with Crippen molar-refractivity contribution < 1.29 is 13.2 Å². The van der Waals surface area contributed by atoms with E-state index in [1.165, 1.54) is 16.6 Å². The number of anilines is 1. The number of rotatable bonds is 3. The molecule has 0 amide bonds. The van der Waals surface area contributed by atoms with Gasteiger partial charge in [-0.3, -0.25) is 0 Å². The number of nitrogens with one attached hydrogen (secondary N) is 1. The van der Waals surface area contributed by atoms with Crippen LogP contribution in [-0.2, 0) is 14.8 Å². The summed E-state index contributed by atoms with van der Waals surface area (Å²) in [6.07, 6.45) is 1.48. The van der Waals surface area contributed by atoms with Crippen molar-refractivity contribution in [2.45, 2.75) is 24.3 Å². The average Bonchev–Trinajstić information content (AvgIpc) is 2.37. The second-order valence-corrected chi connectivity index (χ2v) is 6.77. The van der Waals surface area contributed by atoms with E-state index in [-0.39, 0.29) is 10.7 Å². The molecule has 19 heavy (non-hydrogen) atoms. The van der Waals surface area contributed by atoms with Gasteiger partial charge >= 0.3 is 0 Å². The first-order valence-electron chi connectivity index (χ1n) is 5.92. The summed E-state index contributed by atoms with van der Waals surface area (Å²) < 4.78 is 32.2. The highest BCUT2D eigenvalue weighted by molar-refractivity contribution is 7.89. The number of morpholine rings is 1. The number of pyridine rings is 1. The largest absolute Gasteiger partial charge is 0.378 e. The maximum atomic E-state index is 12.7. The minimum absolute atomic E-state index is 0.0764. The number of sulfonamides is 1. The predicted molar refractivity (Wildman–Crippen MR) is 70.8 cm³/mol.